The molecule has 1 unspecified atom stereocenters. The molecule has 0 aromatic rings. The minimum atomic E-state index is -1.20. The summed E-state index contributed by atoms with van der Waals surface area (Å²) in [4.78, 5) is 34.2. The SMILES string of the molecule is CCCN[C@H](C(=O)CC(=O)NC(CF)CC(=O)O)C(C)C. The number of carbonyl (C=O) groups is 3. The summed E-state index contributed by atoms with van der Waals surface area (Å²) in [6.45, 7) is 5.41. The number of carboxylic acids is 1. The van der Waals surface area contributed by atoms with Gasteiger partial charge in [-0.05, 0) is 18.9 Å². The van der Waals surface area contributed by atoms with E-state index in [4.69, 9.17) is 5.11 Å². The van der Waals surface area contributed by atoms with Crippen molar-refractivity contribution in [2.75, 3.05) is 13.2 Å². The molecule has 0 heterocycles. The molecule has 122 valence electrons. The van der Waals surface area contributed by atoms with Crippen LogP contribution in [0, 0.1) is 5.92 Å². The van der Waals surface area contributed by atoms with E-state index in [0.29, 0.717) is 6.54 Å². The van der Waals surface area contributed by atoms with Gasteiger partial charge in [-0.15, -0.1) is 0 Å². The molecule has 0 saturated carbocycles. The lowest BCUT2D eigenvalue weighted by atomic mass is 9.97. The number of ketones is 1. The van der Waals surface area contributed by atoms with Crippen molar-refractivity contribution in [3.05, 3.63) is 0 Å². The molecule has 0 aromatic heterocycles. The molecular weight excluding hydrogens is 279 g/mol. The summed E-state index contributed by atoms with van der Waals surface area (Å²) in [5, 5.41) is 13.9. The molecule has 0 radical (unpaired) electrons. The minimum absolute atomic E-state index is 0.0350. The smallest absolute Gasteiger partial charge is 0.305 e. The van der Waals surface area contributed by atoms with E-state index < -0.39 is 37.1 Å². The predicted molar refractivity (Wildman–Crippen MR) is 76.7 cm³/mol. The summed E-state index contributed by atoms with van der Waals surface area (Å²) < 4.78 is 12.6. The Bertz CT molecular complexity index is 361. The quantitative estimate of drug-likeness (QED) is 0.493. The molecule has 6 nitrogen and oxygen atoms in total. The summed E-state index contributed by atoms with van der Waals surface area (Å²) in [7, 11) is 0. The molecule has 0 aliphatic heterocycles. The Labute approximate surface area is 124 Å². The number of nitrogens with one attached hydrogen (secondary N) is 2. The summed E-state index contributed by atoms with van der Waals surface area (Å²) >= 11 is 0. The lowest BCUT2D eigenvalue weighted by molar-refractivity contribution is -0.137. The van der Waals surface area contributed by atoms with Crippen LogP contribution in [0.4, 0.5) is 4.39 Å². The fourth-order valence-corrected chi connectivity index (χ4v) is 1.92. The minimum Gasteiger partial charge on any atom is -0.481 e. The molecule has 0 rings (SSSR count). The van der Waals surface area contributed by atoms with Gasteiger partial charge in [0.05, 0.1) is 24.9 Å². The Morgan fingerprint density at radius 3 is 2.29 bits per heavy atom. The van der Waals surface area contributed by atoms with Gasteiger partial charge in [0.1, 0.15) is 6.67 Å². The highest BCUT2D eigenvalue weighted by molar-refractivity contribution is 6.00. The van der Waals surface area contributed by atoms with Gasteiger partial charge in [-0.3, -0.25) is 14.4 Å². The topological polar surface area (TPSA) is 95.5 Å². The van der Waals surface area contributed by atoms with Crippen molar-refractivity contribution in [1.82, 2.24) is 10.6 Å². The Kier molecular flexibility index (Phi) is 9.53. The third-order valence-electron chi connectivity index (χ3n) is 2.93. The van der Waals surface area contributed by atoms with Crippen LogP contribution in [-0.4, -0.2) is 48.1 Å². The van der Waals surface area contributed by atoms with Crippen LogP contribution in [0.3, 0.4) is 0 Å². The molecule has 7 heteroatoms. The first-order valence-corrected chi connectivity index (χ1v) is 7.15. The van der Waals surface area contributed by atoms with Crippen molar-refractivity contribution < 1.29 is 23.9 Å². The van der Waals surface area contributed by atoms with Gasteiger partial charge in [-0.1, -0.05) is 20.8 Å². The van der Waals surface area contributed by atoms with Gasteiger partial charge in [0.25, 0.3) is 0 Å². The first kappa shape index (κ1) is 19.5. The van der Waals surface area contributed by atoms with E-state index in [1.807, 2.05) is 20.8 Å². The third-order valence-corrected chi connectivity index (χ3v) is 2.93. The van der Waals surface area contributed by atoms with Crippen LogP contribution in [0.15, 0.2) is 0 Å². The lowest BCUT2D eigenvalue weighted by Gasteiger charge is -2.21. The lowest BCUT2D eigenvalue weighted by Crippen LogP contribution is -2.45. The first-order chi connectivity index (χ1) is 9.81. The van der Waals surface area contributed by atoms with E-state index in [-0.39, 0.29) is 18.1 Å². The Morgan fingerprint density at radius 2 is 1.86 bits per heavy atom. The van der Waals surface area contributed by atoms with E-state index in [1.165, 1.54) is 0 Å². The summed E-state index contributed by atoms with van der Waals surface area (Å²) in [6.07, 6.45) is -0.0148. The molecule has 0 aliphatic rings. The second-order valence-corrected chi connectivity index (χ2v) is 5.34. The van der Waals surface area contributed by atoms with E-state index >= 15 is 0 Å². The molecule has 0 aromatic carbocycles. The van der Waals surface area contributed by atoms with E-state index in [9.17, 15) is 18.8 Å². The summed E-state index contributed by atoms with van der Waals surface area (Å²) in [6, 6.07) is -1.53. The number of carbonyl (C=O) groups excluding carboxylic acids is 2. The van der Waals surface area contributed by atoms with Gasteiger partial charge in [-0.25, -0.2) is 4.39 Å². The highest BCUT2D eigenvalue weighted by atomic mass is 19.1. The maximum atomic E-state index is 12.6. The molecule has 3 N–H and O–H groups in total. The number of Topliss-reactive ketones (excluding diaryl/α,β-unsaturated/α-hetero) is 1. The zero-order valence-electron chi connectivity index (χ0n) is 12.8. The number of amides is 1. The zero-order valence-corrected chi connectivity index (χ0v) is 12.8. The van der Waals surface area contributed by atoms with E-state index in [0.717, 1.165) is 6.42 Å². The zero-order chi connectivity index (χ0) is 16.4. The average Bonchev–Trinajstić information content (AvgIpc) is 2.37. The van der Waals surface area contributed by atoms with Crippen molar-refractivity contribution in [3.63, 3.8) is 0 Å². The second kappa shape index (κ2) is 10.3. The standard InChI is InChI=1S/C14H25FN2O4/c1-4-5-16-14(9(2)3)11(18)7-12(19)17-10(8-15)6-13(20)21/h9-10,14,16H,4-8H2,1-3H3,(H,17,19)(H,20,21)/t10?,14-/m0/s1. The third kappa shape index (κ3) is 8.39. The summed E-state index contributed by atoms with van der Waals surface area (Å²) in [5.41, 5.74) is 0. The van der Waals surface area contributed by atoms with Crippen LogP contribution >= 0.6 is 0 Å². The molecule has 2 atom stereocenters. The average molecular weight is 304 g/mol. The first-order valence-electron chi connectivity index (χ1n) is 7.15. The largest absolute Gasteiger partial charge is 0.481 e. The molecular formula is C14H25FN2O4. The van der Waals surface area contributed by atoms with Gasteiger partial charge < -0.3 is 15.7 Å². The number of rotatable bonds is 11. The van der Waals surface area contributed by atoms with Gasteiger partial charge in [0.2, 0.25) is 5.91 Å². The van der Waals surface area contributed by atoms with E-state index in [1.54, 1.807) is 0 Å². The van der Waals surface area contributed by atoms with Crippen molar-refractivity contribution in [2.45, 2.75) is 52.1 Å². The van der Waals surface area contributed by atoms with Gasteiger partial charge in [0.15, 0.2) is 5.78 Å². The van der Waals surface area contributed by atoms with Crippen LogP contribution in [0.1, 0.15) is 40.0 Å². The van der Waals surface area contributed by atoms with Crippen LogP contribution in [-0.2, 0) is 14.4 Å². The highest BCUT2D eigenvalue weighted by Crippen LogP contribution is 2.06. The summed E-state index contributed by atoms with van der Waals surface area (Å²) in [5.74, 6) is -2.08. The number of hydrogen-bond acceptors (Lipinski definition) is 4. The monoisotopic (exact) mass is 304 g/mol. The Morgan fingerprint density at radius 1 is 1.24 bits per heavy atom. The second-order valence-electron chi connectivity index (χ2n) is 5.34. The molecule has 21 heavy (non-hydrogen) atoms. The molecule has 0 aliphatic carbocycles. The number of halogens is 1. The van der Waals surface area contributed by atoms with Gasteiger partial charge in [0, 0.05) is 0 Å². The predicted octanol–water partition coefficient (Wildman–Crippen LogP) is 0.899. The normalized spacial score (nSPS) is 13.8. The maximum Gasteiger partial charge on any atom is 0.305 e. The Balaban J connectivity index is 4.45. The van der Waals surface area contributed by atoms with Crippen molar-refractivity contribution in [1.29, 1.82) is 0 Å². The Hall–Kier alpha value is -1.50. The van der Waals surface area contributed by atoms with Gasteiger partial charge >= 0.3 is 5.97 Å². The van der Waals surface area contributed by atoms with Crippen LogP contribution in [0.5, 0.6) is 0 Å². The van der Waals surface area contributed by atoms with Crippen LogP contribution in [0.2, 0.25) is 0 Å². The molecule has 0 spiro atoms. The number of carboxylic acid groups (broad SMARTS) is 1. The fraction of sp³-hybridized carbons (Fsp3) is 0.786. The van der Waals surface area contributed by atoms with Crippen molar-refractivity contribution in [2.24, 2.45) is 5.92 Å². The van der Waals surface area contributed by atoms with Crippen molar-refractivity contribution >= 4 is 17.7 Å². The number of aliphatic carboxylic acids is 1. The number of alkyl halides is 1. The van der Waals surface area contributed by atoms with Gasteiger partial charge in [-0.2, -0.15) is 0 Å². The number of hydrogen-bond donors (Lipinski definition) is 3. The highest BCUT2D eigenvalue weighted by Gasteiger charge is 2.24. The fourth-order valence-electron chi connectivity index (χ4n) is 1.92. The van der Waals surface area contributed by atoms with Crippen LogP contribution in [0.25, 0.3) is 0 Å². The van der Waals surface area contributed by atoms with Crippen molar-refractivity contribution in [3.8, 4) is 0 Å². The molecule has 0 saturated heterocycles. The molecule has 0 fully saturated rings. The molecule has 0 bridgehead atoms. The molecule has 1 amide bonds. The van der Waals surface area contributed by atoms with Crippen LogP contribution < -0.4 is 10.6 Å². The maximum absolute atomic E-state index is 12.6. The van der Waals surface area contributed by atoms with E-state index in [2.05, 4.69) is 10.6 Å².